The van der Waals surface area contributed by atoms with Crippen LogP contribution >= 0.6 is 0 Å². The van der Waals surface area contributed by atoms with Crippen LogP contribution in [0.1, 0.15) is 5.82 Å². The molecule has 5 nitrogen and oxygen atoms in total. The molecule has 0 unspecified atom stereocenters. The number of hydrogen-bond acceptors (Lipinski definition) is 3. The number of nitrogens with one attached hydrogen (secondary N) is 1. The predicted octanol–water partition coefficient (Wildman–Crippen LogP) is 2.61. The first-order chi connectivity index (χ1) is 9.34. The average Bonchev–Trinajstić information content (AvgIpc) is 3.01. The Bertz CT molecular complexity index is 887. The number of aromatic amines is 1. The fraction of sp³-hybridized carbons (Fsp3) is 0.0714. The maximum atomic E-state index is 4.59. The summed E-state index contributed by atoms with van der Waals surface area (Å²) in [4.78, 5) is 4.59. The van der Waals surface area contributed by atoms with E-state index in [1.807, 2.05) is 43.3 Å². The van der Waals surface area contributed by atoms with Gasteiger partial charge in [0.1, 0.15) is 16.9 Å². The molecule has 0 bridgehead atoms. The molecule has 2 aromatic carbocycles. The van der Waals surface area contributed by atoms with Crippen LogP contribution in [0, 0.1) is 6.92 Å². The molecule has 0 saturated carbocycles. The molecule has 2 heterocycles. The number of H-pyrrole nitrogens is 1. The lowest BCUT2D eigenvalue weighted by atomic mass is 10.2. The van der Waals surface area contributed by atoms with Gasteiger partial charge in [-0.05, 0) is 31.2 Å². The largest absolute Gasteiger partial charge is 0.294 e. The number of para-hydroxylation sites is 3. The van der Waals surface area contributed by atoms with Gasteiger partial charge in [-0.15, -0.1) is 0 Å². The minimum atomic E-state index is 0.855. The van der Waals surface area contributed by atoms with Crippen molar-refractivity contribution in [3.05, 3.63) is 48.3 Å². The maximum Gasteiger partial charge on any atom is 0.136 e. The molecule has 19 heavy (non-hydrogen) atoms. The summed E-state index contributed by atoms with van der Waals surface area (Å²) >= 11 is 0. The monoisotopic (exact) mass is 249 g/mol. The molecule has 0 saturated heterocycles. The number of rotatable bonds is 1. The highest BCUT2D eigenvalue weighted by Crippen LogP contribution is 2.25. The van der Waals surface area contributed by atoms with Crippen LogP contribution in [0.15, 0.2) is 42.5 Å². The number of benzene rings is 2. The molecule has 2 aromatic heterocycles. The molecular formula is C14H11N5. The summed E-state index contributed by atoms with van der Waals surface area (Å²) in [6.07, 6.45) is 0. The molecule has 5 heteroatoms. The first-order valence-electron chi connectivity index (χ1n) is 6.08. The standard InChI is InChI=1S/C14H11N5/c1-9-15-10-5-2-3-7-12(10)19(9)13-8-4-6-11-14(13)17-18-16-11/h2-8H,1H3,(H,16,17,18). The minimum absolute atomic E-state index is 0.855. The quantitative estimate of drug-likeness (QED) is 0.564. The lowest BCUT2D eigenvalue weighted by Gasteiger charge is -2.06. The Balaban J connectivity index is 2.15. The Morgan fingerprint density at radius 3 is 2.74 bits per heavy atom. The van der Waals surface area contributed by atoms with Gasteiger partial charge in [-0.25, -0.2) is 4.98 Å². The fourth-order valence-electron chi connectivity index (χ4n) is 2.48. The predicted molar refractivity (Wildman–Crippen MR) is 73.3 cm³/mol. The summed E-state index contributed by atoms with van der Waals surface area (Å²) in [5, 5.41) is 11.0. The third kappa shape index (κ3) is 1.38. The van der Waals surface area contributed by atoms with Crippen LogP contribution in [0.25, 0.3) is 27.8 Å². The lowest BCUT2D eigenvalue weighted by Crippen LogP contribution is -1.97. The van der Waals surface area contributed by atoms with E-state index in [9.17, 15) is 0 Å². The summed E-state index contributed by atoms with van der Waals surface area (Å²) in [6, 6.07) is 14.0. The fourth-order valence-corrected chi connectivity index (χ4v) is 2.48. The smallest absolute Gasteiger partial charge is 0.136 e. The number of fused-ring (bicyclic) bond motifs is 2. The van der Waals surface area contributed by atoms with Crippen LogP contribution in [0.5, 0.6) is 0 Å². The molecule has 0 fully saturated rings. The topological polar surface area (TPSA) is 59.4 Å². The van der Waals surface area contributed by atoms with Crippen molar-refractivity contribution in [2.45, 2.75) is 6.92 Å². The Kier molecular flexibility index (Phi) is 1.97. The molecule has 0 spiro atoms. The van der Waals surface area contributed by atoms with Gasteiger partial charge in [0.15, 0.2) is 0 Å². The number of hydrogen-bond donors (Lipinski definition) is 1. The second-order valence-electron chi connectivity index (χ2n) is 4.45. The molecule has 0 amide bonds. The van der Waals surface area contributed by atoms with Crippen LogP contribution < -0.4 is 0 Å². The highest BCUT2D eigenvalue weighted by Gasteiger charge is 2.12. The molecule has 0 aliphatic rings. The third-order valence-electron chi connectivity index (χ3n) is 3.30. The average molecular weight is 249 g/mol. The molecule has 0 radical (unpaired) electrons. The Morgan fingerprint density at radius 2 is 1.79 bits per heavy atom. The van der Waals surface area contributed by atoms with Crippen LogP contribution in [-0.2, 0) is 0 Å². The SMILES string of the molecule is Cc1nc2ccccc2n1-c1cccc2n[nH]nc12. The van der Waals surface area contributed by atoms with Crippen molar-refractivity contribution < 1.29 is 0 Å². The van der Waals surface area contributed by atoms with Crippen LogP contribution in [0.3, 0.4) is 0 Å². The van der Waals surface area contributed by atoms with Crippen molar-refractivity contribution in [3.8, 4) is 5.69 Å². The van der Waals surface area contributed by atoms with Gasteiger partial charge in [-0.1, -0.05) is 18.2 Å². The van der Waals surface area contributed by atoms with Crippen molar-refractivity contribution >= 4 is 22.1 Å². The van der Waals surface area contributed by atoms with Crippen molar-refractivity contribution in [2.24, 2.45) is 0 Å². The van der Waals surface area contributed by atoms with E-state index < -0.39 is 0 Å². The summed E-state index contributed by atoms with van der Waals surface area (Å²) < 4.78 is 2.11. The van der Waals surface area contributed by atoms with Crippen LogP contribution in [0.4, 0.5) is 0 Å². The molecule has 4 aromatic rings. The zero-order valence-electron chi connectivity index (χ0n) is 10.3. The summed E-state index contributed by atoms with van der Waals surface area (Å²) in [5.74, 6) is 0.941. The summed E-state index contributed by atoms with van der Waals surface area (Å²) in [5.41, 5.74) is 4.77. The van der Waals surface area contributed by atoms with Crippen molar-refractivity contribution in [1.29, 1.82) is 0 Å². The lowest BCUT2D eigenvalue weighted by molar-refractivity contribution is 0.952. The van der Waals surface area contributed by atoms with Gasteiger partial charge in [0, 0.05) is 0 Å². The van der Waals surface area contributed by atoms with Gasteiger partial charge in [0.05, 0.1) is 16.7 Å². The van der Waals surface area contributed by atoms with Gasteiger partial charge >= 0.3 is 0 Å². The number of aromatic nitrogens is 5. The van der Waals surface area contributed by atoms with Crippen molar-refractivity contribution in [1.82, 2.24) is 25.0 Å². The van der Waals surface area contributed by atoms with E-state index in [1.165, 1.54) is 0 Å². The zero-order chi connectivity index (χ0) is 12.8. The van der Waals surface area contributed by atoms with E-state index in [0.717, 1.165) is 33.6 Å². The Morgan fingerprint density at radius 1 is 0.947 bits per heavy atom. The van der Waals surface area contributed by atoms with E-state index in [1.54, 1.807) is 0 Å². The van der Waals surface area contributed by atoms with E-state index in [0.29, 0.717) is 0 Å². The summed E-state index contributed by atoms with van der Waals surface area (Å²) in [7, 11) is 0. The highest BCUT2D eigenvalue weighted by atomic mass is 15.3. The number of imidazole rings is 1. The normalized spacial score (nSPS) is 11.4. The van der Waals surface area contributed by atoms with Crippen LogP contribution in [-0.4, -0.2) is 25.0 Å². The number of nitrogens with zero attached hydrogens (tertiary/aromatic N) is 4. The van der Waals surface area contributed by atoms with Gasteiger partial charge in [-0.2, -0.15) is 15.4 Å². The van der Waals surface area contributed by atoms with E-state index in [2.05, 4.69) is 31.0 Å². The van der Waals surface area contributed by atoms with Crippen molar-refractivity contribution in [3.63, 3.8) is 0 Å². The molecule has 4 rings (SSSR count). The second-order valence-corrected chi connectivity index (χ2v) is 4.45. The van der Waals surface area contributed by atoms with E-state index in [4.69, 9.17) is 0 Å². The molecular weight excluding hydrogens is 238 g/mol. The molecule has 0 aliphatic carbocycles. The molecule has 92 valence electrons. The number of aryl methyl sites for hydroxylation is 1. The van der Waals surface area contributed by atoms with Gasteiger partial charge in [0.25, 0.3) is 0 Å². The maximum absolute atomic E-state index is 4.59. The highest BCUT2D eigenvalue weighted by molar-refractivity contribution is 5.87. The molecule has 0 aliphatic heterocycles. The van der Waals surface area contributed by atoms with Gasteiger partial charge in [0.2, 0.25) is 0 Å². The first kappa shape index (κ1) is 10.3. The zero-order valence-corrected chi connectivity index (χ0v) is 10.3. The Labute approximate surface area is 108 Å². The minimum Gasteiger partial charge on any atom is -0.294 e. The first-order valence-corrected chi connectivity index (χ1v) is 6.08. The molecule has 1 N–H and O–H groups in total. The van der Waals surface area contributed by atoms with Gasteiger partial charge < -0.3 is 0 Å². The van der Waals surface area contributed by atoms with Crippen LogP contribution in [0.2, 0.25) is 0 Å². The van der Waals surface area contributed by atoms with Crippen molar-refractivity contribution in [2.75, 3.05) is 0 Å². The third-order valence-corrected chi connectivity index (χ3v) is 3.30. The van der Waals surface area contributed by atoms with Gasteiger partial charge in [-0.3, -0.25) is 4.57 Å². The Hall–Kier alpha value is -2.69. The second kappa shape index (κ2) is 3.65. The van der Waals surface area contributed by atoms with E-state index in [-0.39, 0.29) is 0 Å². The molecule has 0 atom stereocenters. The summed E-state index contributed by atoms with van der Waals surface area (Å²) in [6.45, 7) is 2.00. The van der Waals surface area contributed by atoms with E-state index >= 15 is 0 Å².